The van der Waals surface area contributed by atoms with Crippen molar-refractivity contribution in [2.24, 2.45) is 47.3 Å². The van der Waals surface area contributed by atoms with Gasteiger partial charge in [-0.25, -0.2) is 0 Å². The molecule has 0 aromatic rings. The Balaban J connectivity index is 0.000000126. The summed E-state index contributed by atoms with van der Waals surface area (Å²) in [6.07, 6.45) is 7.66. The minimum absolute atomic E-state index is 0.0381. The second-order valence-corrected chi connectivity index (χ2v) is 8.57. The highest BCUT2D eigenvalue weighted by Crippen LogP contribution is 2.54. The monoisotopic (exact) mass is 290 g/mol. The van der Waals surface area contributed by atoms with Crippen molar-refractivity contribution in [1.29, 1.82) is 0 Å². The molecular formula is C20H34O. The van der Waals surface area contributed by atoms with E-state index in [-0.39, 0.29) is 6.10 Å². The summed E-state index contributed by atoms with van der Waals surface area (Å²) in [5.41, 5.74) is 1.75. The molecule has 4 saturated carbocycles. The van der Waals surface area contributed by atoms with Crippen LogP contribution in [0.3, 0.4) is 0 Å². The van der Waals surface area contributed by atoms with Gasteiger partial charge in [-0.15, -0.1) is 0 Å². The molecule has 1 heteroatoms. The minimum Gasteiger partial charge on any atom is -0.393 e. The predicted octanol–water partition coefficient (Wildman–Crippen LogP) is 4.90. The molecule has 4 bridgehead atoms. The molecule has 0 aliphatic heterocycles. The average molecular weight is 290 g/mol. The molecule has 4 rings (SSSR count). The third kappa shape index (κ3) is 2.50. The van der Waals surface area contributed by atoms with E-state index in [0.717, 1.165) is 47.8 Å². The molecule has 4 fully saturated rings. The van der Waals surface area contributed by atoms with Crippen LogP contribution < -0.4 is 0 Å². The zero-order valence-electron chi connectivity index (χ0n) is 14.5. The lowest BCUT2D eigenvalue weighted by Gasteiger charge is -2.28. The Kier molecular flexibility index (Phi) is 4.25. The topological polar surface area (TPSA) is 20.2 Å². The first-order chi connectivity index (χ1) is 9.93. The van der Waals surface area contributed by atoms with Crippen molar-refractivity contribution in [3.63, 3.8) is 0 Å². The van der Waals surface area contributed by atoms with Gasteiger partial charge < -0.3 is 5.11 Å². The van der Waals surface area contributed by atoms with E-state index in [1.54, 1.807) is 5.57 Å². The molecule has 4 aliphatic rings. The minimum atomic E-state index is 0.0381. The number of fused-ring (bicyclic) bond motifs is 4. The summed E-state index contributed by atoms with van der Waals surface area (Å²) >= 11 is 0. The molecule has 9 atom stereocenters. The Hall–Kier alpha value is -0.300. The van der Waals surface area contributed by atoms with E-state index in [0.29, 0.717) is 5.92 Å². The van der Waals surface area contributed by atoms with E-state index in [9.17, 15) is 5.11 Å². The third-order valence-electron chi connectivity index (χ3n) is 7.97. The maximum Gasteiger partial charge on any atom is 0.0573 e. The predicted molar refractivity (Wildman–Crippen MR) is 88.8 cm³/mol. The van der Waals surface area contributed by atoms with Crippen LogP contribution in [0.2, 0.25) is 0 Å². The van der Waals surface area contributed by atoms with E-state index in [1.165, 1.54) is 19.3 Å². The zero-order chi connectivity index (χ0) is 15.3. The zero-order valence-corrected chi connectivity index (χ0v) is 14.5. The van der Waals surface area contributed by atoms with Gasteiger partial charge in [0.2, 0.25) is 0 Å². The van der Waals surface area contributed by atoms with Crippen molar-refractivity contribution < 1.29 is 5.11 Å². The lowest BCUT2D eigenvalue weighted by atomic mass is 9.79. The van der Waals surface area contributed by atoms with Crippen LogP contribution in [-0.4, -0.2) is 11.2 Å². The van der Waals surface area contributed by atoms with E-state index in [2.05, 4.69) is 40.7 Å². The van der Waals surface area contributed by atoms with Gasteiger partial charge in [-0.05, 0) is 80.0 Å². The van der Waals surface area contributed by atoms with Gasteiger partial charge in [-0.3, -0.25) is 0 Å². The van der Waals surface area contributed by atoms with Crippen molar-refractivity contribution in [3.05, 3.63) is 11.6 Å². The molecule has 4 aliphatic carbocycles. The summed E-state index contributed by atoms with van der Waals surface area (Å²) in [5, 5.41) is 9.51. The Bertz CT molecular complexity index is 408. The normalized spacial score (nSPS) is 55.9. The van der Waals surface area contributed by atoms with Crippen LogP contribution in [0.4, 0.5) is 0 Å². The van der Waals surface area contributed by atoms with Gasteiger partial charge in [-0.2, -0.15) is 0 Å². The molecule has 0 heterocycles. The van der Waals surface area contributed by atoms with Gasteiger partial charge in [0.25, 0.3) is 0 Å². The van der Waals surface area contributed by atoms with Crippen LogP contribution in [0.25, 0.3) is 0 Å². The van der Waals surface area contributed by atoms with E-state index in [4.69, 9.17) is 0 Å². The fraction of sp³-hybridized carbons (Fsp3) is 0.900. The number of allylic oxidation sites excluding steroid dienone is 2. The molecule has 120 valence electrons. The van der Waals surface area contributed by atoms with Crippen molar-refractivity contribution >= 4 is 0 Å². The van der Waals surface area contributed by atoms with Crippen LogP contribution in [-0.2, 0) is 0 Å². The number of rotatable bonds is 0. The first kappa shape index (κ1) is 15.6. The molecule has 0 amide bonds. The number of aliphatic hydroxyl groups excluding tert-OH is 1. The van der Waals surface area contributed by atoms with Crippen molar-refractivity contribution in [3.8, 4) is 0 Å². The van der Waals surface area contributed by atoms with Crippen LogP contribution >= 0.6 is 0 Å². The molecule has 21 heavy (non-hydrogen) atoms. The lowest BCUT2D eigenvalue weighted by Crippen LogP contribution is -2.27. The Morgan fingerprint density at radius 3 is 1.95 bits per heavy atom. The molecule has 0 aromatic heterocycles. The summed E-state index contributed by atoms with van der Waals surface area (Å²) < 4.78 is 0. The van der Waals surface area contributed by atoms with Crippen molar-refractivity contribution in [1.82, 2.24) is 0 Å². The molecule has 0 saturated heterocycles. The second kappa shape index (κ2) is 5.72. The highest BCUT2D eigenvalue weighted by Gasteiger charge is 2.48. The van der Waals surface area contributed by atoms with Crippen LogP contribution in [0, 0.1) is 47.3 Å². The van der Waals surface area contributed by atoms with Crippen molar-refractivity contribution in [2.75, 3.05) is 0 Å². The van der Waals surface area contributed by atoms with Crippen LogP contribution in [0.15, 0.2) is 11.6 Å². The molecule has 9 unspecified atom stereocenters. The van der Waals surface area contributed by atoms with Gasteiger partial charge in [0.15, 0.2) is 0 Å². The highest BCUT2D eigenvalue weighted by atomic mass is 16.3. The molecule has 0 aromatic carbocycles. The largest absolute Gasteiger partial charge is 0.393 e. The summed E-state index contributed by atoms with van der Waals surface area (Å²) in [7, 11) is 0. The summed E-state index contributed by atoms with van der Waals surface area (Å²) in [4.78, 5) is 0. The molecule has 1 nitrogen and oxygen atoms in total. The second-order valence-electron chi connectivity index (χ2n) is 8.57. The lowest BCUT2D eigenvalue weighted by molar-refractivity contribution is 0.0645. The fourth-order valence-corrected chi connectivity index (χ4v) is 6.00. The molecule has 0 radical (unpaired) electrons. The maximum atomic E-state index is 9.51. The Morgan fingerprint density at radius 1 is 0.857 bits per heavy atom. The first-order valence-corrected chi connectivity index (χ1v) is 9.27. The Labute approximate surface area is 131 Å². The van der Waals surface area contributed by atoms with Gasteiger partial charge >= 0.3 is 0 Å². The molecule has 1 N–H and O–H groups in total. The maximum absolute atomic E-state index is 9.51. The SMILES string of the molecule is C/C=C1/CC2CC1C(C)C2C.CC1C2CC(O)C(C2)C1C. The van der Waals surface area contributed by atoms with E-state index >= 15 is 0 Å². The van der Waals surface area contributed by atoms with Gasteiger partial charge in [0, 0.05) is 0 Å². The average Bonchev–Trinajstić information content (AvgIpc) is 3.18. The van der Waals surface area contributed by atoms with Crippen LogP contribution in [0.1, 0.15) is 60.3 Å². The van der Waals surface area contributed by atoms with E-state index in [1.807, 2.05) is 0 Å². The summed E-state index contributed by atoms with van der Waals surface area (Å²) in [6, 6.07) is 0. The molecule has 0 spiro atoms. The highest BCUT2D eigenvalue weighted by molar-refractivity contribution is 5.18. The van der Waals surface area contributed by atoms with Gasteiger partial charge in [-0.1, -0.05) is 39.3 Å². The number of aliphatic hydroxyl groups is 1. The summed E-state index contributed by atoms with van der Waals surface area (Å²) in [6.45, 7) is 11.7. The van der Waals surface area contributed by atoms with E-state index < -0.39 is 0 Å². The first-order valence-electron chi connectivity index (χ1n) is 9.27. The number of hydrogen-bond donors (Lipinski definition) is 1. The molecular weight excluding hydrogens is 256 g/mol. The quantitative estimate of drug-likeness (QED) is 0.629. The fourth-order valence-electron chi connectivity index (χ4n) is 6.00. The Morgan fingerprint density at radius 2 is 1.52 bits per heavy atom. The summed E-state index contributed by atoms with van der Waals surface area (Å²) in [5.74, 6) is 7.06. The third-order valence-corrected chi connectivity index (χ3v) is 7.97. The van der Waals surface area contributed by atoms with Gasteiger partial charge in [0.05, 0.1) is 6.10 Å². The van der Waals surface area contributed by atoms with Crippen molar-refractivity contribution in [2.45, 2.75) is 66.4 Å². The van der Waals surface area contributed by atoms with Gasteiger partial charge in [0.1, 0.15) is 0 Å². The standard InChI is InChI=1S/C11H18.C9H16O/c1-4-9-5-10-6-11(9)8(3)7(10)2;1-5-6(2)8-3-7(5)4-9(8)10/h4,7-8,10-11H,5-6H2,1-3H3;5-10H,3-4H2,1-2H3/b9-4-;. The number of hydrogen-bond acceptors (Lipinski definition) is 1. The smallest absolute Gasteiger partial charge is 0.0573 e. The van der Waals surface area contributed by atoms with Crippen LogP contribution in [0.5, 0.6) is 0 Å².